The van der Waals surface area contributed by atoms with E-state index in [1.807, 2.05) is 11.0 Å². The van der Waals surface area contributed by atoms with E-state index in [0.717, 1.165) is 25.1 Å². The van der Waals surface area contributed by atoms with Gasteiger partial charge in [-0.25, -0.2) is 0 Å². The molecule has 1 fully saturated rings. The van der Waals surface area contributed by atoms with E-state index >= 15 is 0 Å². The maximum Gasteiger partial charge on any atom is 0.282 e. The summed E-state index contributed by atoms with van der Waals surface area (Å²) in [7, 11) is 0. The largest absolute Gasteiger partial charge is 0.327 e. The lowest BCUT2D eigenvalue weighted by Gasteiger charge is -2.29. The first-order valence-electron chi connectivity index (χ1n) is 7.06. The van der Waals surface area contributed by atoms with Crippen LogP contribution in [0.3, 0.4) is 0 Å². The molecule has 0 aliphatic carbocycles. The molecule has 3 rings (SSSR count). The van der Waals surface area contributed by atoms with Crippen molar-refractivity contribution in [2.45, 2.75) is 25.7 Å². The number of hydrogen-bond donors (Lipinski definition) is 1. The maximum atomic E-state index is 12.4. The van der Waals surface area contributed by atoms with Crippen LogP contribution in [0, 0.1) is 0 Å². The molecule has 0 unspecified atom stereocenters. The third-order valence-electron chi connectivity index (χ3n) is 4.12. The summed E-state index contributed by atoms with van der Waals surface area (Å²) in [6, 6.07) is 8.34. The van der Waals surface area contributed by atoms with Gasteiger partial charge in [-0.2, -0.15) is 0 Å². The molecule has 1 N–H and O–H groups in total. The lowest BCUT2D eigenvalue weighted by molar-refractivity contribution is -0.878. The fraction of sp³-hybridized carbons (Fsp3) is 0.533. The van der Waals surface area contributed by atoms with Gasteiger partial charge < -0.3 is 9.80 Å². The van der Waals surface area contributed by atoms with Crippen LogP contribution in [0.1, 0.15) is 24.8 Å². The van der Waals surface area contributed by atoms with Gasteiger partial charge in [-0.1, -0.05) is 18.2 Å². The molecule has 2 aliphatic rings. The van der Waals surface area contributed by atoms with Gasteiger partial charge in [0.2, 0.25) is 0 Å². The summed E-state index contributed by atoms with van der Waals surface area (Å²) < 4.78 is 0. The zero-order valence-corrected chi connectivity index (χ0v) is 10.8. The molecule has 3 nitrogen and oxygen atoms in total. The smallest absolute Gasteiger partial charge is 0.282 e. The number of nitrogens with zero attached hydrogens (tertiary/aromatic N) is 1. The van der Waals surface area contributed by atoms with Gasteiger partial charge in [-0.05, 0) is 24.5 Å². The number of hydrogen-bond acceptors (Lipinski definition) is 1. The van der Waals surface area contributed by atoms with Gasteiger partial charge in [0.25, 0.3) is 5.91 Å². The topological polar surface area (TPSA) is 24.8 Å². The summed E-state index contributed by atoms with van der Waals surface area (Å²) in [5.74, 6) is 0.305. The second-order valence-electron chi connectivity index (χ2n) is 5.41. The summed E-state index contributed by atoms with van der Waals surface area (Å²) >= 11 is 0. The lowest BCUT2D eigenvalue weighted by Crippen LogP contribution is -3.11. The van der Waals surface area contributed by atoms with Crippen molar-refractivity contribution in [3.63, 3.8) is 0 Å². The number of anilines is 1. The van der Waals surface area contributed by atoms with Crippen LogP contribution in [0.15, 0.2) is 24.3 Å². The van der Waals surface area contributed by atoms with E-state index in [4.69, 9.17) is 0 Å². The number of likely N-dealkylation sites (tertiary alicyclic amines) is 1. The Morgan fingerprint density at radius 1 is 1.17 bits per heavy atom. The minimum atomic E-state index is 0.305. The van der Waals surface area contributed by atoms with Gasteiger partial charge in [0.15, 0.2) is 6.54 Å². The van der Waals surface area contributed by atoms with Crippen LogP contribution in [-0.2, 0) is 11.2 Å². The van der Waals surface area contributed by atoms with Crippen LogP contribution in [0.4, 0.5) is 5.69 Å². The van der Waals surface area contributed by atoms with Crippen molar-refractivity contribution in [2.75, 3.05) is 31.1 Å². The summed E-state index contributed by atoms with van der Waals surface area (Å²) in [5.41, 5.74) is 2.47. The van der Waals surface area contributed by atoms with Crippen LogP contribution in [-0.4, -0.2) is 32.1 Å². The Morgan fingerprint density at radius 3 is 2.78 bits per heavy atom. The van der Waals surface area contributed by atoms with Crippen LogP contribution in [0.5, 0.6) is 0 Å². The average molecular weight is 245 g/mol. The first-order valence-corrected chi connectivity index (χ1v) is 7.06. The highest BCUT2D eigenvalue weighted by molar-refractivity contribution is 5.95. The van der Waals surface area contributed by atoms with Crippen molar-refractivity contribution in [3.05, 3.63) is 29.8 Å². The van der Waals surface area contributed by atoms with Gasteiger partial charge in [0.1, 0.15) is 0 Å². The Balaban J connectivity index is 1.74. The maximum absolute atomic E-state index is 12.4. The van der Waals surface area contributed by atoms with Crippen molar-refractivity contribution < 1.29 is 9.69 Å². The van der Waals surface area contributed by atoms with E-state index in [-0.39, 0.29) is 0 Å². The summed E-state index contributed by atoms with van der Waals surface area (Å²) in [6.07, 6.45) is 4.76. The van der Waals surface area contributed by atoms with E-state index in [1.165, 1.54) is 36.4 Å². The predicted octanol–water partition coefficient (Wildman–Crippen LogP) is 0.645. The van der Waals surface area contributed by atoms with Crippen molar-refractivity contribution in [3.8, 4) is 0 Å². The van der Waals surface area contributed by atoms with E-state index in [2.05, 4.69) is 18.2 Å². The molecule has 1 amide bonds. The van der Waals surface area contributed by atoms with Crippen LogP contribution < -0.4 is 9.80 Å². The van der Waals surface area contributed by atoms with Crippen molar-refractivity contribution >= 4 is 11.6 Å². The van der Waals surface area contributed by atoms with Crippen LogP contribution >= 0.6 is 0 Å². The number of benzene rings is 1. The minimum absolute atomic E-state index is 0.305. The number of rotatable bonds is 2. The van der Waals surface area contributed by atoms with E-state index in [1.54, 1.807) is 0 Å². The van der Waals surface area contributed by atoms with E-state index in [0.29, 0.717) is 12.5 Å². The minimum Gasteiger partial charge on any atom is -0.327 e. The van der Waals surface area contributed by atoms with Crippen molar-refractivity contribution in [1.29, 1.82) is 0 Å². The summed E-state index contributed by atoms with van der Waals surface area (Å²) in [5, 5.41) is 0. The molecule has 96 valence electrons. The molecule has 1 aromatic carbocycles. The Labute approximate surface area is 108 Å². The average Bonchev–Trinajstić information content (AvgIpc) is 2.91. The molecule has 0 radical (unpaired) electrons. The fourth-order valence-electron chi connectivity index (χ4n) is 3.15. The molecule has 1 saturated heterocycles. The van der Waals surface area contributed by atoms with E-state index < -0.39 is 0 Å². The Hall–Kier alpha value is -1.35. The number of aryl methyl sites for hydroxylation is 1. The molecule has 1 aromatic rings. The summed E-state index contributed by atoms with van der Waals surface area (Å²) in [4.78, 5) is 15.9. The Bertz CT molecular complexity index is 438. The van der Waals surface area contributed by atoms with Crippen LogP contribution in [0.2, 0.25) is 0 Å². The SMILES string of the molecule is O=C(C[NH+]1CCCC1)N1CCCc2ccccc21. The highest BCUT2D eigenvalue weighted by Crippen LogP contribution is 2.26. The quantitative estimate of drug-likeness (QED) is 0.813. The predicted molar refractivity (Wildman–Crippen MR) is 71.9 cm³/mol. The number of carbonyl (C=O) groups is 1. The fourth-order valence-corrected chi connectivity index (χ4v) is 3.15. The second-order valence-corrected chi connectivity index (χ2v) is 5.41. The summed E-state index contributed by atoms with van der Waals surface area (Å²) in [6.45, 7) is 3.90. The molecule has 2 heterocycles. The van der Waals surface area contributed by atoms with Crippen molar-refractivity contribution in [2.24, 2.45) is 0 Å². The van der Waals surface area contributed by atoms with Crippen molar-refractivity contribution in [1.82, 2.24) is 0 Å². The molecule has 18 heavy (non-hydrogen) atoms. The van der Waals surface area contributed by atoms with Gasteiger partial charge in [-0.3, -0.25) is 4.79 Å². The number of amides is 1. The second kappa shape index (κ2) is 5.11. The molecule has 0 aromatic heterocycles. The lowest BCUT2D eigenvalue weighted by atomic mass is 10.0. The zero-order chi connectivity index (χ0) is 12.4. The molecule has 3 heteroatoms. The van der Waals surface area contributed by atoms with Gasteiger partial charge in [0.05, 0.1) is 13.1 Å². The normalized spacial score (nSPS) is 19.9. The highest BCUT2D eigenvalue weighted by atomic mass is 16.2. The highest BCUT2D eigenvalue weighted by Gasteiger charge is 2.26. The molecule has 2 aliphatic heterocycles. The van der Waals surface area contributed by atoms with Gasteiger partial charge in [-0.15, -0.1) is 0 Å². The molecule has 0 atom stereocenters. The Morgan fingerprint density at radius 2 is 1.94 bits per heavy atom. The molecular formula is C15H21N2O+. The molecular weight excluding hydrogens is 224 g/mol. The van der Waals surface area contributed by atoms with Gasteiger partial charge in [0, 0.05) is 25.1 Å². The number of nitrogens with one attached hydrogen (secondary N) is 1. The number of quaternary nitrogens is 1. The van der Waals surface area contributed by atoms with Crippen LogP contribution in [0.25, 0.3) is 0 Å². The third kappa shape index (κ3) is 2.27. The number of para-hydroxylation sites is 1. The first-order chi connectivity index (χ1) is 8.84. The third-order valence-corrected chi connectivity index (χ3v) is 4.12. The molecule has 0 spiro atoms. The number of carbonyl (C=O) groups excluding carboxylic acids is 1. The molecule has 0 bridgehead atoms. The molecule has 0 saturated carbocycles. The van der Waals surface area contributed by atoms with E-state index in [9.17, 15) is 4.79 Å². The number of fused-ring (bicyclic) bond motifs is 1. The monoisotopic (exact) mass is 245 g/mol. The van der Waals surface area contributed by atoms with Gasteiger partial charge >= 0.3 is 0 Å². The Kier molecular flexibility index (Phi) is 3.33. The standard InChI is InChI=1S/C15H20N2O/c18-15(12-16-9-3-4-10-16)17-11-5-7-13-6-1-2-8-14(13)17/h1-2,6,8H,3-5,7,9-12H2/p+1. The first kappa shape index (κ1) is 11.7. The zero-order valence-electron chi connectivity index (χ0n) is 10.8.